The first-order valence-corrected chi connectivity index (χ1v) is 8.76. The third kappa shape index (κ3) is 4.25. The molecule has 0 saturated carbocycles. The fourth-order valence-corrected chi connectivity index (χ4v) is 3.20. The van der Waals surface area contributed by atoms with Gasteiger partial charge in [-0.2, -0.15) is 5.26 Å². The third-order valence-electron chi connectivity index (χ3n) is 4.88. The van der Waals surface area contributed by atoms with Gasteiger partial charge in [0.05, 0.1) is 24.8 Å². The molecule has 0 unspecified atom stereocenters. The summed E-state index contributed by atoms with van der Waals surface area (Å²) >= 11 is 0. The fraction of sp³-hybridized carbons (Fsp3) is 0.450. The molecule has 0 bridgehead atoms. The Balaban J connectivity index is 2.39. The molecule has 1 heterocycles. The highest BCUT2D eigenvalue weighted by atomic mass is 16.5. The maximum Gasteiger partial charge on any atom is 0.167 e. The van der Waals surface area contributed by atoms with Crippen molar-refractivity contribution in [1.29, 1.82) is 5.26 Å². The molecule has 1 aromatic rings. The van der Waals surface area contributed by atoms with Gasteiger partial charge < -0.3 is 24.6 Å². The van der Waals surface area contributed by atoms with Crippen molar-refractivity contribution in [2.75, 3.05) is 13.7 Å². The molecular formula is C20H24N2O5. The topological polar surface area (TPSA) is 101 Å². The maximum atomic E-state index is 11.1. The van der Waals surface area contributed by atoms with Gasteiger partial charge in [0.25, 0.3) is 0 Å². The zero-order chi connectivity index (χ0) is 19.9. The Bertz CT molecular complexity index is 773. The van der Waals surface area contributed by atoms with E-state index in [9.17, 15) is 15.2 Å². The summed E-state index contributed by atoms with van der Waals surface area (Å²) in [5.74, 6) is 2.58. The van der Waals surface area contributed by atoms with Crippen LogP contribution in [-0.2, 0) is 14.3 Å². The number of ether oxygens (including phenoxy) is 3. The van der Waals surface area contributed by atoms with E-state index in [1.807, 2.05) is 13.8 Å². The Morgan fingerprint density at radius 1 is 1.44 bits per heavy atom. The molecule has 2 N–H and O–H groups in total. The summed E-state index contributed by atoms with van der Waals surface area (Å²) in [6.07, 6.45) is 2.88. The van der Waals surface area contributed by atoms with Crippen molar-refractivity contribution in [1.82, 2.24) is 5.32 Å². The van der Waals surface area contributed by atoms with Crippen LogP contribution in [-0.4, -0.2) is 36.5 Å². The Labute approximate surface area is 158 Å². The van der Waals surface area contributed by atoms with Crippen LogP contribution in [0.25, 0.3) is 0 Å². The lowest BCUT2D eigenvalue weighted by Gasteiger charge is -2.45. The van der Waals surface area contributed by atoms with Crippen LogP contribution in [0.1, 0.15) is 43.9 Å². The Hall–Kier alpha value is -2.94. The zero-order valence-corrected chi connectivity index (χ0v) is 15.7. The molecule has 1 aliphatic heterocycles. The van der Waals surface area contributed by atoms with E-state index in [0.717, 1.165) is 6.26 Å². The number of carbonyl (C=O) groups excluding carboxylic acids is 1. The third-order valence-corrected chi connectivity index (χ3v) is 4.88. The van der Waals surface area contributed by atoms with Crippen LogP contribution in [0, 0.1) is 11.3 Å². The smallest absolute Gasteiger partial charge is 0.167 e. The van der Waals surface area contributed by atoms with Crippen LogP contribution < -0.4 is 10.1 Å². The number of aliphatic hydroxyl groups is 1. The summed E-state index contributed by atoms with van der Waals surface area (Å²) in [7, 11) is 1.48. The number of nitrogens with one attached hydrogen (secondary N) is 1. The van der Waals surface area contributed by atoms with E-state index in [1.54, 1.807) is 24.4 Å². The van der Waals surface area contributed by atoms with Gasteiger partial charge in [-0.05, 0) is 31.0 Å². The van der Waals surface area contributed by atoms with E-state index >= 15 is 0 Å². The van der Waals surface area contributed by atoms with E-state index in [4.69, 9.17) is 14.2 Å². The predicted molar refractivity (Wildman–Crippen MR) is 98.3 cm³/mol. The number of hydrogen-bond acceptors (Lipinski definition) is 7. The van der Waals surface area contributed by atoms with Gasteiger partial charge in [0.1, 0.15) is 29.8 Å². The molecule has 0 radical (unpaired) electrons. The number of fused-ring (bicyclic) bond motifs is 1. The molecule has 0 spiro atoms. The lowest BCUT2D eigenvalue weighted by Crippen LogP contribution is -2.55. The van der Waals surface area contributed by atoms with E-state index in [-0.39, 0.29) is 6.61 Å². The molecule has 27 heavy (non-hydrogen) atoms. The van der Waals surface area contributed by atoms with Gasteiger partial charge in [0, 0.05) is 11.8 Å². The molecule has 2 atom stereocenters. The van der Waals surface area contributed by atoms with E-state index in [0.29, 0.717) is 35.5 Å². The summed E-state index contributed by atoms with van der Waals surface area (Å²) in [5, 5.41) is 23.4. The number of nitriles is 1. The second-order valence-electron chi connectivity index (χ2n) is 6.19. The SMILES string of the molecule is CCC1(CC)Oc2ccc(C#N)cc2[C@@H](N/C=C(\COC=C=O)OC)[C@@H]1O. The van der Waals surface area contributed by atoms with Gasteiger partial charge in [-0.15, -0.1) is 0 Å². The molecule has 144 valence electrons. The van der Waals surface area contributed by atoms with Crippen molar-refractivity contribution in [2.24, 2.45) is 0 Å². The number of aliphatic hydroxyl groups excluding tert-OH is 1. The Kier molecular flexibility index (Phi) is 6.89. The molecule has 7 heteroatoms. The van der Waals surface area contributed by atoms with Gasteiger partial charge in [-0.25, -0.2) is 4.79 Å². The molecule has 7 nitrogen and oxygen atoms in total. The molecule has 2 rings (SSSR count). The fourth-order valence-electron chi connectivity index (χ4n) is 3.20. The molecule has 1 aliphatic rings. The van der Waals surface area contributed by atoms with Gasteiger partial charge in [-0.3, -0.25) is 0 Å². The minimum absolute atomic E-state index is 0.0375. The minimum Gasteiger partial charge on any atom is -0.496 e. The summed E-state index contributed by atoms with van der Waals surface area (Å²) in [6.45, 7) is 3.97. The van der Waals surface area contributed by atoms with E-state index in [1.165, 1.54) is 13.1 Å². The first-order chi connectivity index (χ1) is 13.0. The standard InChI is InChI=1S/C20H24N2O5/c1-4-20(5-2)19(24)18(22-12-15(25-3)13-26-9-8-23)16-10-14(11-21)6-7-17(16)27-20/h6-7,9-10,12,18-19,22,24H,4-5,13H2,1-3H3/b15-12+/t18-,19+/m1/s1. The average Bonchev–Trinajstić information content (AvgIpc) is 2.71. The van der Waals surface area contributed by atoms with Crippen molar-refractivity contribution in [3.63, 3.8) is 0 Å². The van der Waals surface area contributed by atoms with Crippen LogP contribution in [0.2, 0.25) is 0 Å². The van der Waals surface area contributed by atoms with Crippen LogP contribution >= 0.6 is 0 Å². The molecule has 0 aromatic heterocycles. The summed E-state index contributed by atoms with van der Waals surface area (Å²) < 4.78 is 16.3. The van der Waals surface area contributed by atoms with Crippen LogP contribution in [0.3, 0.4) is 0 Å². The molecular weight excluding hydrogens is 348 g/mol. The Morgan fingerprint density at radius 3 is 2.78 bits per heavy atom. The minimum atomic E-state index is -0.848. The van der Waals surface area contributed by atoms with Crippen molar-refractivity contribution in [3.8, 4) is 11.8 Å². The van der Waals surface area contributed by atoms with Crippen molar-refractivity contribution in [3.05, 3.63) is 47.5 Å². The summed E-state index contributed by atoms with van der Waals surface area (Å²) in [4.78, 5) is 10.2. The first kappa shape index (κ1) is 20.4. The van der Waals surface area contributed by atoms with Crippen molar-refractivity contribution >= 4 is 5.94 Å². The highest BCUT2D eigenvalue weighted by Gasteiger charge is 2.47. The second kappa shape index (κ2) is 9.13. The lowest BCUT2D eigenvalue weighted by atomic mass is 9.80. The van der Waals surface area contributed by atoms with Gasteiger partial charge in [-0.1, -0.05) is 13.8 Å². The first-order valence-electron chi connectivity index (χ1n) is 8.76. The molecule has 0 amide bonds. The van der Waals surface area contributed by atoms with Crippen molar-refractivity contribution < 1.29 is 24.1 Å². The highest BCUT2D eigenvalue weighted by molar-refractivity contribution is 5.46. The number of rotatable bonds is 8. The molecule has 0 saturated heterocycles. The maximum absolute atomic E-state index is 11.1. The zero-order valence-electron chi connectivity index (χ0n) is 15.7. The normalized spacial score (nSPS) is 20.3. The average molecular weight is 372 g/mol. The van der Waals surface area contributed by atoms with Gasteiger partial charge in [0.15, 0.2) is 12.2 Å². The monoisotopic (exact) mass is 372 g/mol. The number of nitrogens with zero attached hydrogens (tertiary/aromatic N) is 1. The number of benzene rings is 1. The van der Waals surface area contributed by atoms with Crippen molar-refractivity contribution in [2.45, 2.75) is 44.4 Å². The van der Waals surface area contributed by atoms with Gasteiger partial charge in [0.2, 0.25) is 0 Å². The Morgan fingerprint density at radius 2 is 2.19 bits per heavy atom. The van der Waals surface area contributed by atoms with Crippen LogP contribution in [0.5, 0.6) is 5.75 Å². The lowest BCUT2D eigenvalue weighted by molar-refractivity contribution is -0.0902. The summed E-state index contributed by atoms with van der Waals surface area (Å²) in [5.41, 5.74) is 0.433. The van der Waals surface area contributed by atoms with E-state index in [2.05, 4.69) is 11.4 Å². The van der Waals surface area contributed by atoms with Gasteiger partial charge >= 0.3 is 0 Å². The van der Waals surface area contributed by atoms with Crippen LogP contribution in [0.15, 0.2) is 36.4 Å². The number of methoxy groups -OCH3 is 1. The summed E-state index contributed by atoms with van der Waals surface area (Å²) in [6, 6.07) is 6.76. The molecule has 0 aliphatic carbocycles. The molecule has 1 aromatic carbocycles. The highest BCUT2D eigenvalue weighted by Crippen LogP contribution is 2.43. The molecule has 0 fully saturated rings. The predicted octanol–water partition coefficient (Wildman–Crippen LogP) is 2.35. The quantitative estimate of drug-likeness (QED) is 0.533. The second-order valence-corrected chi connectivity index (χ2v) is 6.19. The largest absolute Gasteiger partial charge is 0.496 e. The van der Waals surface area contributed by atoms with Crippen LogP contribution in [0.4, 0.5) is 0 Å². The number of hydrogen-bond donors (Lipinski definition) is 2. The van der Waals surface area contributed by atoms with E-state index < -0.39 is 17.7 Å².